The highest BCUT2D eigenvalue weighted by Crippen LogP contribution is 2.32. The largest absolute Gasteiger partial charge is 0.370 e. The molecular formula is C13H20N4O2. The molecule has 6 heteroatoms. The molecule has 2 heterocycles. The predicted octanol–water partition coefficient (Wildman–Crippen LogP) is 1.19. The summed E-state index contributed by atoms with van der Waals surface area (Å²) in [5, 5.41) is 9.79. The van der Waals surface area contributed by atoms with E-state index < -0.39 is 0 Å². The highest BCUT2D eigenvalue weighted by Gasteiger charge is 2.32. The van der Waals surface area contributed by atoms with Crippen molar-refractivity contribution >= 4 is 5.91 Å². The van der Waals surface area contributed by atoms with Crippen LogP contribution >= 0.6 is 0 Å². The Balaban J connectivity index is 1.53. The Morgan fingerprint density at radius 2 is 2.26 bits per heavy atom. The second kappa shape index (κ2) is 5.69. The molecule has 6 nitrogen and oxygen atoms in total. The summed E-state index contributed by atoms with van der Waals surface area (Å²) >= 11 is 0. The van der Waals surface area contributed by atoms with Crippen LogP contribution in [0.25, 0.3) is 0 Å². The number of carbonyl (C=O) groups is 1. The van der Waals surface area contributed by atoms with Crippen LogP contribution in [-0.4, -0.2) is 34.2 Å². The molecule has 0 spiro atoms. The molecule has 0 bridgehead atoms. The number of nitrogens with one attached hydrogen (secondary N) is 2. The molecule has 1 saturated carbocycles. The zero-order valence-corrected chi connectivity index (χ0v) is 11.0. The van der Waals surface area contributed by atoms with Gasteiger partial charge in [-0.2, -0.15) is 5.10 Å². The first-order valence-corrected chi connectivity index (χ1v) is 7.09. The van der Waals surface area contributed by atoms with Gasteiger partial charge in [-0.3, -0.25) is 9.89 Å². The number of nitrogens with zero attached hydrogens (tertiary/aromatic N) is 2. The van der Waals surface area contributed by atoms with Crippen LogP contribution in [0.15, 0.2) is 6.33 Å². The van der Waals surface area contributed by atoms with E-state index >= 15 is 0 Å². The van der Waals surface area contributed by atoms with Crippen LogP contribution in [-0.2, 0) is 9.53 Å². The molecule has 1 aliphatic carbocycles. The van der Waals surface area contributed by atoms with E-state index in [1.807, 2.05) is 0 Å². The fourth-order valence-electron chi connectivity index (χ4n) is 3.06. The first-order chi connectivity index (χ1) is 9.34. The molecule has 104 valence electrons. The lowest BCUT2D eigenvalue weighted by atomic mass is 10.00. The monoisotopic (exact) mass is 264 g/mol. The van der Waals surface area contributed by atoms with Crippen LogP contribution in [0, 0.1) is 11.8 Å². The van der Waals surface area contributed by atoms with Gasteiger partial charge in [-0.05, 0) is 19.3 Å². The Kier molecular flexibility index (Phi) is 3.77. The van der Waals surface area contributed by atoms with Crippen molar-refractivity contribution in [3.05, 3.63) is 12.2 Å². The second-order valence-electron chi connectivity index (χ2n) is 5.44. The SMILES string of the molecule is O=C(NC[C@@H]1CCO[C@@H]1c1ncn[nH]1)C1CCCC1. The fourth-order valence-corrected chi connectivity index (χ4v) is 3.06. The van der Waals surface area contributed by atoms with Crippen LogP contribution in [0.1, 0.15) is 44.0 Å². The topological polar surface area (TPSA) is 79.9 Å². The van der Waals surface area contributed by atoms with Crippen LogP contribution in [0.5, 0.6) is 0 Å². The van der Waals surface area contributed by atoms with Crippen molar-refractivity contribution < 1.29 is 9.53 Å². The molecule has 1 aromatic heterocycles. The average molecular weight is 264 g/mol. The maximum Gasteiger partial charge on any atom is 0.223 e. The number of carbonyl (C=O) groups excluding carboxylic acids is 1. The molecule has 0 aromatic carbocycles. The number of hydrogen-bond donors (Lipinski definition) is 2. The van der Waals surface area contributed by atoms with Crippen LogP contribution < -0.4 is 5.32 Å². The quantitative estimate of drug-likeness (QED) is 0.856. The predicted molar refractivity (Wildman–Crippen MR) is 68.2 cm³/mol. The lowest BCUT2D eigenvalue weighted by Gasteiger charge is -2.18. The highest BCUT2D eigenvalue weighted by molar-refractivity contribution is 5.78. The molecule has 2 aliphatic rings. The Labute approximate surface area is 112 Å². The molecular weight excluding hydrogens is 244 g/mol. The van der Waals surface area contributed by atoms with Crippen LogP contribution in [0.3, 0.4) is 0 Å². The van der Waals surface area contributed by atoms with Gasteiger partial charge in [-0.25, -0.2) is 4.98 Å². The van der Waals surface area contributed by atoms with Crippen molar-refractivity contribution in [1.82, 2.24) is 20.5 Å². The summed E-state index contributed by atoms with van der Waals surface area (Å²) in [6.45, 7) is 1.38. The molecule has 2 fully saturated rings. The van der Waals surface area contributed by atoms with Gasteiger partial charge in [-0.15, -0.1) is 0 Å². The standard InChI is InChI=1S/C13H20N4O2/c18-13(9-3-1-2-4-9)14-7-10-5-6-19-11(10)12-15-8-16-17-12/h8-11H,1-7H2,(H,14,18)(H,15,16,17)/t10-,11-/m0/s1. The summed E-state index contributed by atoms with van der Waals surface area (Å²) in [5.74, 6) is 1.49. The fraction of sp³-hybridized carbons (Fsp3) is 0.769. The minimum Gasteiger partial charge on any atom is -0.370 e. The minimum absolute atomic E-state index is 0.0635. The van der Waals surface area contributed by atoms with Crippen molar-refractivity contribution in [2.45, 2.75) is 38.2 Å². The van der Waals surface area contributed by atoms with Gasteiger partial charge in [0.2, 0.25) is 5.91 Å². The van der Waals surface area contributed by atoms with Gasteiger partial charge in [0, 0.05) is 25.0 Å². The number of hydrogen-bond acceptors (Lipinski definition) is 4. The van der Waals surface area contributed by atoms with Gasteiger partial charge in [0.05, 0.1) is 0 Å². The zero-order chi connectivity index (χ0) is 13.1. The maximum atomic E-state index is 12.0. The summed E-state index contributed by atoms with van der Waals surface area (Å²) in [4.78, 5) is 16.2. The summed E-state index contributed by atoms with van der Waals surface area (Å²) in [6, 6.07) is 0. The number of amides is 1. The molecule has 1 amide bonds. The lowest BCUT2D eigenvalue weighted by molar-refractivity contribution is -0.125. The van der Waals surface area contributed by atoms with Crippen molar-refractivity contribution in [2.24, 2.45) is 11.8 Å². The third-order valence-electron chi connectivity index (χ3n) is 4.18. The smallest absolute Gasteiger partial charge is 0.223 e. The van der Waals surface area contributed by atoms with E-state index in [0.717, 1.165) is 31.7 Å². The molecule has 1 saturated heterocycles. The second-order valence-corrected chi connectivity index (χ2v) is 5.44. The van der Waals surface area contributed by atoms with Crippen LogP contribution in [0.4, 0.5) is 0 Å². The molecule has 0 radical (unpaired) electrons. The van der Waals surface area contributed by atoms with Crippen LogP contribution in [0.2, 0.25) is 0 Å². The number of aromatic amines is 1. The van der Waals surface area contributed by atoms with E-state index in [1.54, 1.807) is 0 Å². The van der Waals surface area contributed by atoms with Gasteiger partial charge in [0.15, 0.2) is 5.82 Å². The van der Waals surface area contributed by atoms with E-state index in [4.69, 9.17) is 4.74 Å². The summed E-state index contributed by atoms with van der Waals surface area (Å²) in [5.41, 5.74) is 0. The molecule has 2 atom stereocenters. The van der Waals surface area contributed by atoms with E-state index in [9.17, 15) is 4.79 Å². The Hall–Kier alpha value is -1.43. The molecule has 0 unspecified atom stereocenters. The van der Waals surface area contributed by atoms with Gasteiger partial charge in [0.1, 0.15) is 12.4 Å². The first-order valence-electron chi connectivity index (χ1n) is 7.09. The average Bonchev–Trinajstić information content (AvgIpc) is 3.14. The normalized spacial score (nSPS) is 27.8. The third kappa shape index (κ3) is 2.78. The molecule has 1 aliphatic heterocycles. The number of aromatic nitrogens is 3. The van der Waals surface area contributed by atoms with Crippen molar-refractivity contribution in [3.63, 3.8) is 0 Å². The number of H-pyrrole nitrogens is 1. The Morgan fingerprint density at radius 1 is 1.42 bits per heavy atom. The van der Waals surface area contributed by atoms with Crippen molar-refractivity contribution in [2.75, 3.05) is 13.2 Å². The molecule has 1 aromatic rings. The highest BCUT2D eigenvalue weighted by atomic mass is 16.5. The maximum absolute atomic E-state index is 12.0. The molecule has 19 heavy (non-hydrogen) atoms. The third-order valence-corrected chi connectivity index (χ3v) is 4.18. The van der Waals surface area contributed by atoms with E-state index in [-0.39, 0.29) is 17.9 Å². The van der Waals surface area contributed by atoms with E-state index in [0.29, 0.717) is 12.5 Å². The van der Waals surface area contributed by atoms with Crippen molar-refractivity contribution in [1.29, 1.82) is 0 Å². The number of rotatable bonds is 4. The lowest BCUT2D eigenvalue weighted by Crippen LogP contribution is -2.34. The number of ether oxygens (including phenoxy) is 1. The van der Waals surface area contributed by atoms with Gasteiger partial charge in [0.25, 0.3) is 0 Å². The molecule has 2 N–H and O–H groups in total. The summed E-state index contributed by atoms with van der Waals surface area (Å²) < 4.78 is 5.68. The molecule has 3 rings (SSSR count). The summed E-state index contributed by atoms with van der Waals surface area (Å²) in [6.07, 6.45) is 6.83. The van der Waals surface area contributed by atoms with E-state index in [2.05, 4.69) is 20.5 Å². The Bertz CT molecular complexity index is 414. The van der Waals surface area contributed by atoms with Gasteiger partial charge >= 0.3 is 0 Å². The zero-order valence-electron chi connectivity index (χ0n) is 11.0. The minimum atomic E-state index is -0.0635. The van der Waals surface area contributed by atoms with E-state index in [1.165, 1.54) is 19.2 Å². The van der Waals surface area contributed by atoms with Gasteiger partial charge < -0.3 is 10.1 Å². The Morgan fingerprint density at radius 3 is 3.00 bits per heavy atom. The first kappa shape index (κ1) is 12.6. The van der Waals surface area contributed by atoms with Crippen molar-refractivity contribution in [3.8, 4) is 0 Å². The van der Waals surface area contributed by atoms with Gasteiger partial charge in [-0.1, -0.05) is 12.8 Å². The summed E-state index contributed by atoms with van der Waals surface area (Å²) in [7, 11) is 0.